The lowest BCUT2D eigenvalue weighted by Crippen LogP contribution is -2.38. The summed E-state index contributed by atoms with van der Waals surface area (Å²) in [6.07, 6.45) is -6.71. The molecule has 2 aliphatic rings. The molecule has 3 aromatic rings. The Hall–Kier alpha value is -3.55. The van der Waals surface area contributed by atoms with Crippen LogP contribution in [-0.2, 0) is 19.4 Å². The van der Waals surface area contributed by atoms with E-state index >= 15 is 0 Å². The Morgan fingerprint density at radius 2 is 1.74 bits per heavy atom. The van der Waals surface area contributed by atoms with E-state index in [1.54, 1.807) is 17.8 Å². The number of anilines is 1. The first-order valence-corrected chi connectivity index (χ1v) is 11.0. The summed E-state index contributed by atoms with van der Waals surface area (Å²) in [4.78, 5) is 9.60. The van der Waals surface area contributed by atoms with Gasteiger partial charge in [0.05, 0.1) is 23.5 Å². The third-order valence-corrected chi connectivity index (χ3v) is 6.90. The summed E-state index contributed by atoms with van der Waals surface area (Å²) in [5, 5.41) is 9.63. The summed E-state index contributed by atoms with van der Waals surface area (Å²) in [7, 11) is 1.76. The van der Waals surface area contributed by atoms with Gasteiger partial charge < -0.3 is 9.47 Å². The molecule has 2 bridgehead atoms. The molecule has 182 valence electrons. The number of pyridine rings is 1. The number of rotatable bonds is 3. The molecule has 0 unspecified atom stereocenters. The highest BCUT2D eigenvalue weighted by atomic mass is 19.4. The number of imidazole rings is 1. The maximum atomic E-state index is 13.8. The van der Waals surface area contributed by atoms with Crippen molar-refractivity contribution in [2.24, 2.45) is 13.0 Å². The first-order valence-electron chi connectivity index (χ1n) is 11.0. The van der Waals surface area contributed by atoms with E-state index in [2.05, 4.69) is 9.97 Å². The molecule has 2 fully saturated rings. The third kappa shape index (κ3) is 3.81. The maximum absolute atomic E-state index is 13.8. The fourth-order valence-corrected chi connectivity index (χ4v) is 5.40. The SMILES string of the molecule is Cn1c(-c2ccccc2)cnc1[C@@H]1[C@H]2CC[C@H](C2)N1c1nc(C(F)(F)F)cc(C(F)(F)F)c1C#N. The predicted molar refractivity (Wildman–Crippen MR) is 114 cm³/mol. The highest BCUT2D eigenvalue weighted by molar-refractivity contribution is 5.63. The van der Waals surface area contributed by atoms with Gasteiger partial charge in [0.15, 0.2) is 0 Å². The van der Waals surface area contributed by atoms with E-state index in [4.69, 9.17) is 0 Å². The zero-order valence-corrected chi connectivity index (χ0v) is 18.4. The van der Waals surface area contributed by atoms with Crippen LogP contribution in [0.15, 0.2) is 42.6 Å². The number of nitriles is 1. The van der Waals surface area contributed by atoms with E-state index in [0.717, 1.165) is 17.7 Å². The lowest BCUT2D eigenvalue weighted by Gasteiger charge is -2.37. The quantitative estimate of drug-likeness (QED) is 0.414. The van der Waals surface area contributed by atoms with Crippen molar-refractivity contribution in [2.75, 3.05) is 4.90 Å². The van der Waals surface area contributed by atoms with Crippen LogP contribution < -0.4 is 4.90 Å². The molecule has 35 heavy (non-hydrogen) atoms. The lowest BCUT2D eigenvalue weighted by atomic mass is 9.96. The van der Waals surface area contributed by atoms with E-state index < -0.39 is 41.0 Å². The summed E-state index contributed by atoms with van der Waals surface area (Å²) in [5.74, 6) is -0.120. The van der Waals surface area contributed by atoms with Gasteiger partial charge in [-0.15, -0.1) is 0 Å². The Bertz CT molecular complexity index is 1300. The van der Waals surface area contributed by atoms with E-state index in [0.29, 0.717) is 18.7 Å². The largest absolute Gasteiger partial charge is 0.433 e. The first-order chi connectivity index (χ1) is 16.5. The van der Waals surface area contributed by atoms with Crippen molar-refractivity contribution >= 4 is 5.82 Å². The molecule has 11 heteroatoms. The zero-order chi connectivity index (χ0) is 25.1. The minimum Gasteiger partial charge on any atom is -0.342 e. The van der Waals surface area contributed by atoms with Gasteiger partial charge in [-0.25, -0.2) is 9.97 Å². The van der Waals surface area contributed by atoms with Gasteiger partial charge in [0.25, 0.3) is 0 Å². The molecule has 2 aromatic heterocycles. The molecule has 0 radical (unpaired) electrons. The average Bonchev–Trinajstić information content (AvgIpc) is 3.52. The Morgan fingerprint density at radius 1 is 1.03 bits per heavy atom. The summed E-state index contributed by atoms with van der Waals surface area (Å²) < 4.78 is 83.8. The number of halogens is 6. The molecule has 3 atom stereocenters. The van der Waals surface area contributed by atoms with Gasteiger partial charge in [-0.2, -0.15) is 31.6 Å². The Labute approximate surface area is 196 Å². The molecule has 1 aliphatic carbocycles. The van der Waals surface area contributed by atoms with Crippen molar-refractivity contribution in [3.8, 4) is 17.3 Å². The molecule has 1 aliphatic heterocycles. The molecule has 5 nitrogen and oxygen atoms in total. The van der Waals surface area contributed by atoms with Gasteiger partial charge >= 0.3 is 12.4 Å². The fourth-order valence-electron chi connectivity index (χ4n) is 5.40. The van der Waals surface area contributed by atoms with Crippen LogP contribution in [0.1, 0.15) is 47.9 Å². The lowest BCUT2D eigenvalue weighted by molar-refractivity contribution is -0.145. The van der Waals surface area contributed by atoms with Crippen LogP contribution in [0.5, 0.6) is 0 Å². The first kappa shape index (κ1) is 23.2. The molecule has 0 amide bonds. The molecule has 0 spiro atoms. The molecule has 5 rings (SSSR count). The summed E-state index contributed by atoms with van der Waals surface area (Å²) in [6, 6.07) is 9.80. The summed E-state index contributed by atoms with van der Waals surface area (Å²) >= 11 is 0. The minimum absolute atomic E-state index is 0.0399. The smallest absolute Gasteiger partial charge is 0.342 e. The summed E-state index contributed by atoms with van der Waals surface area (Å²) in [5.41, 5.74) is -2.58. The summed E-state index contributed by atoms with van der Waals surface area (Å²) in [6.45, 7) is 0. The molecule has 1 saturated carbocycles. The Kier molecular flexibility index (Phi) is 5.30. The minimum atomic E-state index is -5.15. The Morgan fingerprint density at radius 3 is 2.37 bits per heavy atom. The number of benzene rings is 1. The van der Waals surface area contributed by atoms with E-state index in [-0.39, 0.29) is 18.0 Å². The van der Waals surface area contributed by atoms with Crippen molar-refractivity contribution in [1.82, 2.24) is 14.5 Å². The van der Waals surface area contributed by atoms with E-state index in [9.17, 15) is 31.6 Å². The zero-order valence-electron chi connectivity index (χ0n) is 18.4. The van der Waals surface area contributed by atoms with Gasteiger partial charge in [0, 0.05) is 13.1 Å². The third-order valence-electron chi connectivity index (χ3n) is 6.90. The van der Waals surface area contributed by atoms with Crippen molar-refractivity contribution in [1.29, 1.82) is 5.26 Å². The topological polar surface area (TPSA) is 57.7 Å². The normalized spacial score (nSPS) is 22.0. The number of alkyl halides is 6. The second-order valence-electron chi connectivity index (χ2n) is 8.87. The van der Waals surface area contributed by atoms with Crippen LogP contribution in [0.2, 0.25) is 0 Å². The van der Waals surface area contributed by atoms with Crippen molar-refractivity contribution in [3.63, 3.8) is 0 Å². The molecule has 3 heterocycles. The van der Waals surface area contributed by atoms with Gasteiger partial charge in [-0.1, -0.05) is 30.3 Å². The molecule has 0 N–H and O–H groups in total. The highest BCUT2D eigenvalue weighted by Gasteiger charge is 2.51. The molecular weight excluding hydrogens is 472 g/mol. The van der Waals surface area contributed by atoms with E-state index in [1.165, 1.54) is 11.0 Å². The van der Waals surface area contributed by atoms with Crippen molar-refractivity contribution < 1.29 is 26.3 Å². The van der Waals surface area contributed by atoms with Crippen molar-refractivity contribution in [3.05, 3.63) is 65.2 Å². The standard InChI is InChI=1S/C24H19F6N5/c1-34-18(13-5-3-2-4-6-13)12-32-22(34)20-14-7-8-15(9-14)35(20)21-16(11-31)17(23(25,26)27)10-19(33-21)24(28,29)30/h2-6,10,12,14-15,20H,7-9H2,1H3/t14-,15+,20-/m0/s1. The van der Waals surface area contributed by atoms with Crippen LogP contribution in [0.4, 0.5) is 32.2 Å². The number of piperidine rings is 1. The molecule has 1 aromatic carbocycles. The number of nitrogens with zero attached hydrogens (tertiary/aromatic N) is 5. The Balaban J connectivity index is 1.69. The van der Waals surface area contributed by atoms with Gasteiger partial charge in [-0.05, 0) is 36.8 Å². The predicted octanol–water partition coefficient (Wildman–Crippen LogP) is 6.12. The maximum Gasteiger partial charge on any atom is 0.433 e. The van der Waals surface area contributed by atoms with Gasteiger partial charge in [-0.3, -0.25) is 0 Å². The van der Waals surface area contributed by atoms with Crippen LogP contribution in [0, 0.1) is 17.2 Å². The second-order valence-corrected chi connectivity index (χ2v) is 8.87. The van der Waals surface area contributed by atoms with Gasteiger partial charge in [0.1, 0.15) is 29.0 Å². The monoisotopic (exact) mass is 491 g/mol. The number of fused-ring (bicyclic) bond motifs is 2. The number of aromatic nitrogens is 3. The number of hydrogen-bond donors (Lipinski definition) is 0. The molecular formula is C24H19F6N5. The van der Waals surface area contributed by atoms with Crippen molar-refractivity contribution in [2.45, 2.75) is 43.7 Å². The van der Waals surface area contributed by atoms with Crippen LogP contribution in [-0.4, -0.2) is 20.6 Å². The van der Waals surface area contributed by atoms with E-state index in [1.807, 2.05) is 30.3 Å². The fraction of sp³-hybridized carbons (Fsp3) is 0.375. The van der Waals surface area contributed by atoms with Crippen LogP contribution >= 0.6 is 0 Å². The van der Waals surface area contributed by atoms with Crippen LogP contribution in [0.25, 0.3) is 11.3 Å². The van der Waals surface area contributed by atoms with Crippen LogP contribution in [0.3, 0.4) is 0 Å². The average molecular weight is 491 g/mol. The molecule has 1 saturated heterocycles. The van der Waals surface area contributed by atoms with Gasteiger partial charge in [0.2, 0.25) is 0 Å². The second kappa shape index (κ2) is 8.00. The highest BCUT2D eigenvalue weighted by Crippen LogP contribution is 2.53. The number of hydrogen-bond acceptors (Lipinski definition) is 4.